The molecule has 3 aromatic rings. The van der Waals surface area contributed by atoms with Gasteiger partial charge in [0.2, 0.25) is 0 Å². The molecule has 3 aromatic carbocycles. The minimum atomic E-state index is -0.583. The van der Waals surface area contributed by atoms with E-state index >= 15 is 0 Å². The Morgan fingerprint density at radius 3 is 2.16 bits per heavy atom. The summed E-state index contributed by atoms with van der Waals surface area (Å²) < 4.78 is 0. The number of carbonyl (C=O) groups is 1. The fourth-order valence-electron chi connectivity index (χ4n) is 5.54. The minimum Gasteiger partial charge on any atom is -0.316 e. The van der Waals surface area contributed by atoms with E-state index in [2.05, 4.69) is 52.2 Å². The maximum Gasteiger partial charge on any atom is 0.338 e. The van der Waals surface area contributed by atoms with E-state index in [0.29, 0.717) is 0 Å². The van der Waals surface area contributed by atoms with E-state index in [0.717, 1.165) is 30.6 Å². The Kier molecular flexibility index (Phi) is 4.63. The second-order valence-electron chi connectivity index (χ2n) is 8.76. The molecule has 6 rings (SSSR count). The lowest BCUT2D eigenvalue weighted by molar-refractivity contribution is 0.00991. The number of hydrogen-bond donors (Lipinski definition) is 2. The Balaban J connectivity index is 1.43. The highest BCUT2D eigenvalue weighted by Crippen LogP contribution is 2.52. The van der Waals surface area contributed by atoms with Crippen molar-refractivity contribution in [3.8, 4) is 0 Å². The predicted octanol–water partition coefficient (Wildman–Crippen LogP) is 4.78. The van der Waals surface area contributed by atoms with Crippen LogP contribution in [0.5, 0.6) is 0 Å². The first kappa shape index (κ1) is 19.3. The van der Waals surface area contributed by atoms with Crippen molar-refractivity contribution in [2.24, 2.45) is 5.92 Å². The summed E-state index contributed by atoms with van der Waals surface area (Å²) in [5.41, 5.74) is 6.03. The molecule has 2 saturated heterocycles. The number of anilines is 2. The van der Waals surface area contributed by atoms with Crippen LogP contribution in [0.2, 0.25) is 0 Å². The molecule has 32 heavy (non-hydrogen) atoms. The van der Waals surface area contributed by atoms with E-state index in [4.69, 9.17) is 4.84 Å². The molecule has 0 bridgehead atoms. The molecule has 162 valence electrons. The molecule has 6 nitrogen and oxygen atoms in total. The van der Waals surface area contributed by atoms with Crippen LogP contribution >= 0.6 is 0 Å². The molecule has 4 atom stereocenters. The van der Waals surface area contributed by atoms with E-state index in [1.54, 1.807) is 5.01 Å². The summed E-state index contributed by atoms with van der Waals surface area (Å²) >= 11 is 0. The van der Waals surface area contributed by atoms with Crippen LogP contribution < -0.4 is 20.8 Å². The first-order chi connectivity index (χ1) is 15.8. The highest BCUT2D eigenvalue weighted by molar-refractivity contribution is 5.94. The predicted molar refractivity (Wildman–Crippen MR) is 124 cm³/mol. The fourth-order valence-corrected chi connectivity index (χ4v) is 5.54. The lowest BCUT2D eigenvalue weighted by Crippen LogP contribution is -2.62. The third kappa shape index (κ3) is 3.06. The van der Waals surface area contributed by atoms with Gasteiger partial charge >= 0.3 is 6.03 Å². The van der Waals surface area contributed by atoms with Crippen molar-refractivity contribution < 1.29 is 9.63 Å². The van der Waals surface area contributed by atoms with Crippen LogP contribution in [0.4, 0.5) is 16.2 Å². The molecule has 1 spiro atoms. The highest BCUT2D eigenvalue weighted by atomic mass is 16.7. The van der Waals surface area contributed by atoms with Gasteiger partial charge in [0.1, 0.15) is 5.66 Å². The number of nitrogens with one attached hydrogen (secondary N) is 2. The third-order valence-corrected chi connectivity index (χ3v) is 6.88. The van der Waals surface area contributed by atoms with Crippen LogP contribution in [-0.2, 0) is 4.84 Å². The SMILES string of the molecule is O=C1N[C@]2(CCC[C@@H]3ON(c4ccccc4)[C@H](c4ccccc4)[C@@H]32)NN1c1ccccc1. The summed E-state index contributed by atoms with van der Waals surface area (Å²) in [6.07, 6.45) is 2.78. The molecule has 1 aliphatic carbocycles. The van der Waals surface area contributed by atoms with Crippen LogP contribution in [0, 0.1) is 5.92 Å². The molecule has 3 fully saturated rings. The highest BCUT2D eigenvalue weighted by Gasteiger charge is 2.61. The molecule has 6 heteroatoms. The van der Waals surface area contributed by atoms with Gasteiger partial charge in [0.25, 0.3) is 0 Å². The van der Waals surface area contributed by atoms with Crippen LogP contribution in [0.15, 0.2) is 91.0 Å². The van der Waals surface area contributed by atoms with Crippen molar-refractivity contribution in [2.75, 3.05) is 10.1 Å². The zero-order valence-electron chi connectivity index (χ0n) is 17.7. The number of para-hydroxylation sites is 2. The Morgan fingerprint density at radius 2 is 1.47 bits per heavy atom. The van der Waals surface area contributed by atoms with Crippen LogP contribution in [-0.4, -0.2) is 17.8 Å². The van der Waals surface area contributed by atoms with Gasteiger partial charge in [-0.25, -0.2) is 14.9 Å². The van der Waals surface area contributed by atoms with Gasteiger partial charge in [-0.15, -0.1) is 0 Å². The Morgan fingerprint density at radius 1 is 0.844 bits per heavy atom. The molecule has 0 unspecified atom stereocenters. The summed E-state index contributed by atoms with van der Waals surface area (Å²) in [7, 11) is 0. The number of hydroxylamine groups is 1. The van der Waals surface area contributed by atoms with Gasteiger partial charge in [-0.2, -0.15) is 5.43 Å². The Bertz CT molecular complexity index is 1090. The average molecular weight is 427 g/mol. The molecular weight excluding hydrogens is 400 g/mol. The zero-order chi connectivity index (χ0) is 21.5. The number of carbonyl (C=O) groups excluding carboxylic acids is 1. The number of benzene rings is 3. The molecule has 1 saturated carbocycles. The summed E-state index contributed by atoms with van der Waals surface area (Å²) in [5, 5.41) is 7.03. The maximum atomic E-state index is 13.1. The first-order valence-corrected chi connectivity index (χ1v) is 11.3. The third-order valence-electron chi connectivity index (χ3n) is 6.88. The summed E-state index contributed by atoms with van der Waals surface area (Å²) in [6.45, 7) is 0. The van der Waals surface area contributed by atoms with Crippen molar-refractivity contribution in [3.05, 3.63) is 96.6 Å². The van der Waals surface area contributed by atoms with Gasteiger partial charge in [0.15, 0.2) is 0 Å². The molecule has 0 radical (unpaired) electrons. The lowest BCUT2D eigenvalue weighted by atomic mass is 9.72. The minimum absolute atomic E-state index is 0.00214. The van der Waals surface area contributed by atoms with Gasteiger partial charge in [-0.05, 0) is 49.1 Å². The standard InChI is InChI=1S/C26H26N4O2/c31-25-27-26(28-29(25)20-13-6-2-7-14-20)18-10-17-22-23(26)24(19-11-4-1-5-12-19)30(32-22)21-15-8-3-9-16-21/h1-9,11-16,22-24,28H,10,17-18H2,(H,27,31)/t22-,23+,24+,26+/m0/s1. The topological polar surface area (TPSA) is 56.8 Å². The van der Waals surface area contributed by atoms with E-state index in [1.165, 1.54) is 5.56 Å². The Labute approximate surface area is 187 Å². The van der Waals surface area contributed by atoms with Gasteiger partial charge in [0, 0.05) is 0 Å². The number of hydrogen-bond acceptors (Lipinski definition) is 4. The summed E-state index contributed by atoms with van der Waals surface area (Å²) in [4.78, 5) is 19.7. The number of nitrogens with zero attached hydrogens (tertiary/aromatic N) is 2. The Hall–Kier alpha value is -3.35. The first-order valence-electron chi connectivity index (χ1n) is 11.3. The van der Waals surface area contributed by atoms with Gasteiger partial charge in [0.05, 0.1) is 29.4 Å². The van der Waals surface area contributed by atoms with Crippen LogP contribution in [0.25, 0.3) is 0 Å². The molecule has 3 aliphatic rings. The zero-order valence-corrected chi connectivity index (χ0v) is 17.7. The smallest absolute Gasteiger partial charge is 0.316 e. The van der Waals surface area contributed by atoms with Crippen molar-refractivity contribution in [1.29, 1.82) is 0 Å². The van der Waals surface area contributed by atoms with Crippen molar-refractivity contribution in [3.63, 3.8) is 0 Å². The summed E-state index contributed by atoms with van der Waals surface area (Å²) in [5.74, 6) is 0.0384. The lowest BCUT2D eigenvalue weighted by Gasteiger charge is -2.43. The molecular formula is C26H26N4O2. The number of hydrazine groups is 1. The number of fused-ring (bicyclic) bond motifs is 2. The maximum absolute atomic E-state index is 13.1. The molecule has 2 amide bonds. The van der Waals surface area contributed by atoms with Crippen molar-refractivity contribution in [2.45, 2.75) is 37.1 Å². The quantitative estimate of drug-likeness (QED) is 0.633. The molecule has 2 N–H and O–H groups in total. The van der Waals surface area contributed by atoms with E-state index in [1.807, 2.05) is 54.6 Å². The second kappa shape index (κ2) is 7.65. The van der Waals surface area contributed by atoms with Gasteiger partial charge < -0.3 is 5.32 Å². The largest absolute Gasteiger partial charge is 0.338 e. The molecule has 0 aromatic heterocycles. The number of amides is 2. The van der Waals surface area contributed by atoms with Crippen molar-refractivity contribution in [1.82, 2.24) is 10.7 Å². The summed E-state index contributed by atoms with van der Waals surface area (Å²) in [6, 6.07) is 30.3. The van der Waals surface area contributed by atoms with E-state index in [-0.39, 0.29) is 24.1 Å². The van der Waals surface area contributed by atoms with Crippen LogP contribution in [0.1, 0.15) is 30.9 Å². The number of rotatable bonds is 3. The van der Waals surface area contributed by atoms with Gasteiger partial charge in [-0.3, -0.25) is 4.84 Å². The van der Waals surface area contributed by atoms with E-state index in [9.17, 15) is 4.79 Å². The normalized spacial score (nSPS) is 29.2. The second-order valence-corrected chi connectivity index (χ2v) is 8.76. The monoisotopic (exact) mass is 426 g/mol. The molecule has 2 aliphatic heterocycles. The average Bonchev–Trinajstić information content (AvgIpc) is 3.40. The number of urea groups is 1. The van der Waals surface area contributed by atoms with Gasteiger partial charge in [-0.1, -0.05) is 66.7 Å². The molecule has 2 heterocycles. The van der Waals surface area contributed by atoms with E-state index < -0.39 is 5.66 Å². The van der Waals surface area contributed by atoms with Crippen molar-refractivity contribution >= 4 is 17.4 Å². The fraction of sp³-hybridized carbons (Fsp3) is 0.269. The van der Waals surface area contributed by atoms with Crippen LogP contribution in [0.3, 0.4) is 0 Å².